The third-order valence-corrected chi connectivity index (χ3v) is 1.82. The van der Waals surface area contributed by atoms with Crippen LogP contribution in [0.25, 0.3) is 4.85 Å². The maximum Gasteiger partial charge on any atom is 0.239 e. The maximum atomic E-state index is 11.0. The molecule has 1 amide bonds. The molecule has 3 heteroatoms. The van der Waals surface area contributed by atoms with Gasteiger partial charge in [0, 0.05) is 17.7 Å². The fourth-order valence-corrected chi connectivity index (χ4v) is 1.03. The first-order valence-electron chi connectivity index (χ1n) is 4.48. The number of hydrogen-bond donors (Lipinski definition) is 1. The second-order valence-electron chi connectivity index (χ2n) is 2.91. The highest BCUT2D eigenvalue weighted by Gasteiger charge is 1.99. The van der Waals surface area contributed by atoms with Crippen LogP contribution in [0.5, 0.6) is 0 Å². The molecule has 0 atom stereocenters. The van der Waals surface area contributed by atoms with Crippen molar-refractivity contribution in [3.8, 4) is 0 Å². The SMILES string of the molecule is [C-]#[N+]Cc1ccc(NC(=O)CC)cc1. The van der Waals surface area contributed by atoms with E-state index < -0.39 is 0 Å². The molecule has 0 saturated heterocycles. The molecule has 1 aromatic carbocycles. The van der Waals surface area contributed by atoms with Crippen molar-refractivity contribution in [3.05, 3.63) is 41.2 Å². The third kappa shape index (κ3) is 2.91. The first-order valence-corrected chi connectivity index (χ1v) is 4.48. The Morgan fingerprint density at radius 1 is 1.43 bits per heavy atom. The average Bonchev–Trinajstić information content (AvgIpc) is 2.21. The molecule has 1 rings (SSSR count). The molecule has 1 N–H and O–H groups in total. The molecular weight excluding hydrogens is 176 g/mol. The van der Waals surface area contributed by atoms with Crippen LogP contribution in [-0.2, 0) is 11.3 Å². The molecule has 0 heterocycles. The summed E-state index contributed by atoms with van der Waals surface area (Å²) >= 11 is 0. The van der Waals surface area contributed by atoms with Crippen LogP contribution in [0.15, 0.2) is 24.3 Å². The normalized spacial score (nSPS) is 9.14. The Balaban J connectivity index is 2.65. The number of rotatable bonds is 3. The second kappa shape index (κ2) is 5.03. The topological polar surface area (TPSA) is 33.5 Å². The number of carbonyl (C=O) groups is 1. The molecule has 0 saturated carbocycles. The number of nitrogens with one attached hydrogen (secondary N) is 1. The Labute approximate surface area is 83.6 Å². The van der Waals surface area contributed by atoms with Crippen molar-refractivity contribution in [2.75, 3.05) is 5.32 Å². The van der Waals surface area contributed by atoms with E-state index in [0.29, 0.717) is 13.0 Å². The summed E-state index contributed by atoms with van der Waals surface area (Å²) in [5, 5.41) is 2.74. The summed E-state index contributed by atoms with van der Waals surface area (Å²) in [4.78, 5) is 14.3. The number of amides is 1. The second-order valence-corrected chi connectivity index (χ2v) is 2.91. The Bertz CT molecular complexity index is 349. The van der Waals surface area contributed by atoms with E-state index in [0.717, 1.165) is 11.3 Å². The number of nitrogens with zero attached hydrogens (tertiary/aromatic N) is 1. The molecule has 0 bridgehead atoms. The molecule has 0 fully saturated rings. The van der Waals surface area contributed by atoms with Gasteiger partial charge < -0.3 is 10.2 Å². The molecule has 1 aromatic rings. The predicted molar refractivity (Wildman–Crippen MR) is 55.7 cm³/mol. The minimum absolute atomic E-state index is 0.00271. The molecule has 3 nitrogen and oxygen atoms in total. The lowest BCUT2D eigenvalue weighted by atomic mass is 10.2. The number of anilines is 1. The highest BCUT2D eigenvalue weighted by molar-refractivity contribution is 5.90. The first kappa shape index (κ1) is 10.3. The largest absolute Gasteiger partial charge is 0.326 e. The summed E-state index contributed by atoms with van der Waals surface area (Å²) in [6.07, 6.45) is 0.476. The Morgan fingerprint density at radius 2 is 2.07 bits per heavy atom. The Morgan fingerprint density at radius 3 is 2.57 bits per heavy atom. The van der Waals surface area contributed by atoms with Crippen LogP contribution in [0, 0.1) is 6.57 Å². The molecule has 0 unspecified atom stereocenters. The zero-order valence-corrected chi connectivity index (χ0v) is 8.08. The molecule has 0 aliphatic heterocycles. The van der Waals surface area contributed by atoms with Crippen molar-refractivity contribution >= 4 is 11.6 Å². The third-order valence-electron chi connectivity index (χ3n) is 1.82. The van der Waals surface area contributed by atoms with Crippen molar-refractivity contribution in [1.82, 2.24) is 0 Å². The number of carbonyl (C=O) groups excluding carboxylic acids is 1. The summed E-state index contributed by atoms with van der Waals surface area (Å²) in [6.45, 7) is 8.89. The maximum absolute atomic E-state index is 11.0. The van der Waals surface area contributed by atoms with E-state index in [1.54, 1.807) is 0 Å². The summed E-state index contributed by atoms with van der Waals surface area (Å²) in [5.41, 5.74) is 1.75. The molecule has 0 aliphatic carbocycles. The summed E-state index contributed by atoms with van der Waals surface area (Å²) in [7, 11) is 0. The monoisotopic (exact) mass is 188 g/mol. The van der Waals surface area contributed by atoms with Crippen LogP contribution in [0.1, 0.15) is 18.9 Å². The van der Waals surface area contributed by atoms with Crippen molar-refractivity contribution < 1.29 is 4.79 Å². The highest BCUT2D eigenvalue weighted by Crippen LogP contribution is 2.10. The lowest BCUT2D eigenvalue weighted by molar-refractivity contribution is -0.115. The van der Waals surface area contributed by atoms with Crippen molar-refractivity contribution in [2.24, 2.45) is 0 Å². The van der Waals surface area contributed by atoms with Crippen molar-refractivity contribution in [2.45, 2.75) is 19.9 Å². The van der Waals surface area contributed by atoms with Crippen LogP contribution in [0.3, 0.4) is 0 Å². The van der Waals surface area contributed by atoms with E-state index in [1.165, 1.54) is 0 Å². The van der Waals surface area contributed by atoms with Gasteiger partial charge in [0.05, 0.1) is 0 Å². The van der Waals surface area contributed by atoms with E-state index in [4.69, 9.17) is 6.57 Å². The van der Waals surface area contributed by atoms with E-state index >= 15 is 0 Å². The van der Waals surface area contributed by atoms with Crippen LogP contribution in [0.4, 0.5) is 5.69 Å². The molecule has 0 radical (unpaired) electrons. The van der Waals surface area contributed by atoms with Gasteiger partial charge >= 0.3 is 0 Å². The van der Waals surface area contributed by atoms with Gasteiger partial charge in [0.2, 0.25) is 12.5 Å². The molecule has 0 aliphatic rings. The quantitative estimate of drug-likeness (QED) is 0.726. The smallest absolute Gasteiger partial charge is 0.239 e. The van der Waals surface area contributed by atoms with Crippen LogP contribution < -0.4 is 5.32 Å². The number of benzene rings is 1. The molecule has 72 valence electrons. The van der Waals surface area contributed by atoms with Gasteiger partial charge in [-0.15, -0.1) is 0 Å². The Kier molecular flexibility index (Phi) is 3.69. The zero-order chi connectivity index (χ0) is 10.4. The van der Waals surface area contributed by atoms with Gasteiger partial charge in [0.25, 0.3) is 0 Å². The van der Waals surface area contributed by atoms with Crippen molar-refractivity contribution in [3.63, 3.8) is 0 Å². The van der Waals surface area contributed by atoms with Crippen molar-refractivity contribution in [1.29, 1.82) is 0 Å². The van der Waals surface area contributed by atoms with E-state index in [9.17, 15) is 4.79 Å². The minimum atomic E-state index is 0.00271. The summed E-state index contributed by atoms with van der Waals surface area (Å²) in [6, 6.07) is 7.33. The van der Waals surface area contributed by atoms with Gasteiger partial charge in [0.15, 0.2) is 0 Å². The van der Waals surface area contributed by atoms with E-state index in [-0.39, 0.29) is 5.91 Å². The molecular formula is C11H12N2O. The van der Waals surface area contributed by atoms with Gasteiger partial charge in [0.1, 0.15) is 0 Å². The van der Waals surface area contributed by atoms with E-state index in [1.807, 2.05) is 31.2 Å². The van der Waals surface area contributed by atoms with Gasteiger partial charge in [-0.3, -0.25) is 4.79 Å². The zero-order valence-electron chi connectivity index (χ0n) is 8.08. The van der Waals surface area contributed by atoms with Gasteiger partial charge in [-0.2, -0.15) is 0 Å². The van der Waals surface area contributed by atoms with Gasteiger partial charge in [-0.1, -0.05) is 6.92 Å². The lowest BCUT2D eigenvalue weighted by Gasteiger charge is -2.02. The van der Waals surface area contributed by atoms with Gasteiger partial charge in [-0.25, -0.2) is 6.57 Å². The molecule has 0 aromatic heterocycles. The van der Waals surface area contributed by atoms with Crippen LogP contribution >= 0.6 is 0 Å². The predicted octanol–water partition coefficient (Wildman–Crippen LogP) is 2.45. The molecule has 0 spiro atoms. The molecule has 14 heavy (non-hydrogen) atoms. The Hall–Kier alpha value is -1.82. The van der Waals surface area contributed by atoms with E-state index in [2.05, 4.69) is 10.2 Å². The standard InChI is InChI=1S/C11H12N2O/c1-3-11(14)13-10-6-4-9(5-7-10)8-12-2/h4-7H,3,8H2,1H3,(H,13,14). The summed E-state index contributed by atoms with van der Waals surface area (Å²) < 4.78 is 0. The first-order chi connectivity index (χ1) is 6.76. The summed E-state index contributed by atoms with van der Waals surface area (Å²) in [5.74, 6) is 0.00271. The minimum Gasteiger partial charge on any atom is -0.326 e. The number of hydrogen-bond acceptors (Lipinski definition) is 1. The van der Waals surface area contributed by atoms with Gasteiger partial charge in [-0.05, 0) is 24.3 Å². The fourth-order valence-electron chi connectivity index (χ4n) is 1.03. The fraction of sp³-hybridized carbons (Fsp3) is 0.273. The highest BCUT2D eigenvalue weighted by atomic mass is 16.1. The average molecular weight is 188 g/mol. The van der Waals surface area contributed by atoms with Crippen LogP contribution in [-0.4, -0.2) is 5.91 Å². The van der Waals surface area contributed by atoms with Crippen LogP contribution in [0.2, 0.25) is 0 Å². The lowest BCUT2D eigenvalue weighted by Crippen LogP contribution is -2.09.